The highest BCUT2D eigenvalue weighted by Crippen LogP contribution is 2.35. The van der Waals surface area contributed by atoms with E-state index in [-0.39, 0.29) is 11.5 Å². The number of phenols is 2. The Morgan fingerprint density at radius 2 is 0.712 bits per heavy atom. The number of aliphatic imine (C=N–C) groups is 2. The molecule has 0 aromatic heterocycles. The van der Waals surface area contributed by atoms with E-state index < -0.39 is 0 Å². The first kappa shape index (κ1) is 41.0. The summed E-state index contributed by atoms with van der Waals surface area (Å²) in [5.74, 6) is 1.79. The fourth-order valence-corrected chi connectivity index (χ4v) is 4.60. The molecule has 0 saturated heterocycles. The molecule has 2 aromatic rings. The van der Waals surface area contributed by atoms with Crippen molar-refractivity contribution in [2.45, 2.75) is 0 Å². The average Bonchev–Trinajstić information content (AvgIpc) is 3.16. The molecule has 0 aliphatic carbocycles. The first-order valence-corrected chi connectivity index (χ1v) is 17.6. The lowest BCUT2D eigenvalue weighted by atomic mass is 10.2. The van der Waals surface area contributed by atoms with E-state index in [1.807, 2.05) is 0 Å². The third-order valence-corrected chi connectivity index (χ3v) is 7.18. The van der Waals surface area contributed by atoms with Crippen LogP contribution in [0.2, 0.25) is 0 Å². The van der Waals surface area contributed by atoms with Gasteiger partial charge in [0.2, 0.25) is 0 Å². The van der Waals surface area contributed by atoms with E-state index in [0.717, 1.165) is 0 Å². The Balaban J connectivity index is 1.13. The van der Waals surface area contributed by atoms with Crippen LogP contribution in [0.15, 0.2) is 34.3 Å². The first-order valence-electron chi connectivity index (χ1n) is 17.6. The highest BCUT2D eigenvalue weighted by Gasteiger charge is 2.13. The van der Waals surface area contributed by atoms with Gasteiger partial charge in [0.25, 0.3) is 0 Å². The zero-order valence-corrected chi connectivity index (χ0v) is 29.7. The van der Waals surface area contributed by atoms with E-state index in [4.69, 9.17) is 56.8 Å². The van der Waals surface area contributed by atoms with E-state index in [9.17, 15) is 10.2 Å². The minimum absolute atomic E-state index is 0.0148. The van der Waals surface area contributed by atoms with Crippen LogP contribution in [0.25, 0.3) is 0 Å². The van der Waals surface area contributed by atoms with Crippen LogP contribution >= 0.6 is 0 Å². The molecule has 0 saturated carbocycles. The lowest BCUT2D eigenvalue weighted by molar-refractivity contribution is 0.00708. The van der Waals surface area contributed by atoms with Crippen LogP contribution in [0, 0.1) is 0 Å². The van der Waals surface area contributed by atoms with Gasteiger partial charge in [-0.25, -0.2) is 0 Å². The zero-order valence-electron chi connectivity index (χ0n) is 29.7. The fourth-order valence-electron chi connectivity index (χ4n) is 4.60. The van der Waals surface area contributed by atoms with Gasteiger partial charge in [0.15, 0.2) is 23.0 Å². The number of ether oxygens (including phenoxy) is 12. The number of nitrogens with zero attached hydrogens (tertiary/aromatic N) is 2. The second kappa shape index (κ2) is 26.1. The molecule has 16 heteroatoms. The van der Waals surface area contributed by atoms with E-state index in [2.05, 4.69) is 9.98 Å². The van der Waals surface area contributed by atoms with Crippen molar-refractivity contribution < 1.29 is 67.1 Å². The smallest absolute Gasteiger partial charge is 0.165 e. The standard InChI is InChI=1S/C36H52N2O14/c39-31-25-35-33(49-19-15-45-11-7-43-9-13-47-17-21-51-35)23-29(31)27-37-1-3-41-5-6-42-4-2-38-28-30-24-34-36(26-32(30)40)52-22-18-48-14-10-44-8-12-46-16-20-50-34/h23-28,39-40H,1-22H2. The number of rotatable bonds is 11. The topological polar surface area (TPSA) is 176 Å². The molecule has 16 nitrogen and oxygen atoms in total. The second-order valence-electron chi connectivity index (χ2n) is 11.1. The molecule has 2 aliphatic heterocycles. The minimum Gasteiger partial charge on any atom is -0.507 e. The molecule has 2 N–H and O–H groups in total. The monoisotopic (exact) mass is 736 g/mol. The predicted octanol–water partition coefficient (Wildman–Crippen LogP) is 2.31. The molecule has 0 unspecified atom stereocenters. The summed E-state index contributed by atoms with van der Waals surface area (Å²) in [5, 5.41) is 21.1. The maximum absolute atomic E-state index is 10.5. The second-order valence-corrected chi connectivity index (χ2v) is 11.1. The van der Waals surface area contributed by atoms with Crippen LogP contribution in [0.4, 0.5) is 0 Å². The fraction of sp³-hybridized carbons (Fsp3) is 0.611. The lowest BCUT2D eigenvalue weighted by Gasteiger charge is -2.14. The molecule has 0 amide bonds. The van der Waals surface area contributed by atoms with Gasteiger partial charge in [0.1, 0.15) is 37.9 Å². The maximum atomic E-state index is 10.5. The number of benzene rings is 2. The van der Waals surface area contributed by atoms with Crippen LogP contribution in [0.1, 0.15) is 11.1 Å². The molecule has 290 valence electrons. The molecule has 0 radical (unpaired) electrons. The van der Waals surface area contributed by atoms with Crippen molar-refractivity contribution in [3.8, 4) is 34.5 Å². The summed E-state index contributed by atoms with van der Waals surface area (Å²) < 4.78 is 67.4. The summed E-state index contributed by atoms with van der Waals surface area (Å²) in [7, 11) is 0. The third-order valence-electron chi connectivity index (χ3n) is 7.18. The Morgan fingerprint density at radius 3 is 1.04 bits per heavy atom. The zero-order chi connectivity index (χ0) is 36.3. The SMILES string of the molecule is Oc1cc2c(cc1C=NCCOCCOCCN=Cc1cc3c(cc1O)OCCOCCOCCOCCO3)OCCOCCOCCOCCO2. The van der Waals surface area contributed by atoms with Crippen molar-refractivity contribution in [2.75, 3.05) is 145 Å². The predicted molar refractivity (Wildman–Crippen MR) is 190 cm³/mol. The summed E-state index contributed by atoms with van der Waals surface area (Å²) in [5.41, 5.74) is 0.979. The number of hydrogen-bond donors (Lipinski definition) is 2. The van der Waals surface area contributed by atoms with Crippen LogP contribution in [0.5, 0.6) is 34.5 Å². The van der Waals surface area contributed by atoms with Gasteiger partial charge in [-0.15, -0.1) is 0 Å². The normalized spacial score (nSPS) is 17.9. The van der Waals surface area contributed by atoms with Gasteiger partial charge in [-0.05, 0) is 12.1 Å². The molecule has 0 bridgehead atoms. The lowest BCUT2D eigenvalue weighted by Crippen LogP contribution is -2.13. The number of fused-ring (bicyclic) bond motifs is 2. The van der Waals surface area contributed by atoms with Crippen molar-refractivity contribution in [2.24, 2.45) is 9.98 Å². The Morgan fingerprint density at radius 1 is 0.423 bits per heavy atom. The highest BCUT2D eigenvalue weighted by molar-refractivity contribution is 5.85. The minimum atomic E-state index is 0.0148. The summed E-state index contributed by atoms with van der Waals surface area (Å²) in [6.07, 6.45) is 3.14. The molecule has 2 aromatic carbocycles. The third kappa shape index (κ3) is 16.7. The average molecular weight is 737 g/mol. The molecule has 4 rings (SSSR count). The summed E-state index contributed by atoms with van der Waals surface area (Å²) in [6.45, 7) is 8.83. The van der Waals surface area contributed by atoms with Crippen LogP contribution < -0.4 is 18.9 Å². The van der Waals surface area contributed by atoms with E-state index in [1.165, 1.54) is 12.1 Å². The Bertz CT molecular complexity index is 1230. The maximum Gasteiger partial charge on any atom is 0.165 e. The van der Waals surface area contributed by atoms with Crippen LogP contribution in [0.3, 0.4) is 0 Å². The van der Waals surface area contributed by atoms with Crippen molar-refractivity contribution in [1.29, 1.82) is 0 Å². The van der Waals surface area contributed by atoms with Gasteiger partial charge in [0, 0.05) is 35.7 Å². The molecule has 52 heavy (non-hydrogen) atoms. The van der Waals surface area contributed by atoms with Gasteiger partial charge in [-0.1, -0.05) is 0 Å². The van der Waals surface area contributed by atoms with Gasteiger partial charge < -0.3 is 67.1 Å². The van der Waals surface area contributed by atoms with Gasteiger partial charge in [-0.3, -0.25) is 9.98 Å². The molecule has 2 heterocycles. The Hall–Kier alpha value is -3.74. The largest absolute Gasteiger partial charge is 0.507 e. The number of aromatic hydroxyl groups is 2. The molecule has 0 atom stereocenters. The molecule has 0 spiro atoms. The molecular formula is C36H52N2O14. The van der Waals surface area contributed by atoms with Crippen LogP contribution in [-0.4, -0.2) is 168 Å². The van der Waals surface area contributed by atoms with Crippen molar-refractivity contribution in [3.05, 3.63) is 35.4 Å². The van der Waals surface area contributed by atoms with E-state index >= 15 is 0 Å². The highest BCUT2D eigenvalue weighted by atomic mass is 16.6. The Kier molecular flexibility index (Phi) is 20.6. The summed E-state index contributed by atoms with van der Waals surface area (Å²) >= 11 is 0. The Labute approximate surface area is 304 Å². The first-order chi connectivity index (χ1) is 25.7. The van der Waals surface area contributed by atoms with E-state index in [0.29, 0.717) is 179 Å². The van der Waals surface area contributed by atoms with Gasteiger partial charge >= 0.3 is 0 Å². The van der Waals surface area contributed by atoms with E-state index in [1.54, 1.807) is 24.6 Å². The quantitative estimate of drug-likeness (QED) is 0.254. The van der Waals surface area contributed by atoms with Crippen molar-refractivity contribution in [3.63, 3.8) is 0 Å². The number of hydrogen-bond acceptors (Lipinski definition) is 16. The molecule has 0 fully saturated rings. The van der Waals surface area contributed by atoms with Gasteiger partial charge in [0.05, 0.1) is 119 Å². The summed E-state index contributed by atoms with van der Waals surface area (Å²) in [6, 6.07) is 6.37. The van der Waals surface area contributed by atoms with Crippen LogP contribution in [-0.2, 0) is 37.9 Å². The van der Waals surface area contributed by atoms with Gasteiger partial charge in [-0.2, -0.15) is 0 Å². The molecule has 2 aliphatic rings. The van der Waals surface area contributed by atoms with Crippen molar-refractivity contribution >= 4 is 12.4 Å². The number of phenolic OH excluding ortho intramolecular Hbond substituents is 2. The van der Waals surface area contributed by atoms with Crippen molar-refractivity contribution in [1.82, 2.24) is 0 Å². The molecular weight excluding hydrogens is 684 g/mol. The summed E-state index contributed by atoms with van der Waals surface area (Å²) in [4.78, 5) is 8.73.